The van der Waals surface area contributed by atoms with Crippen molar-refractivity contribution in [3.05, 3.63) is 99.3 Å². The molecule has 1 N–H and O–H groups in total. The normalized spacial score (nSPS) is 14.0. The molecule has 200 valence electrons. The third kappa shape index (κ3) is 4.73. The number of carbonyl (C=O) groups is 2. The molecule has 3 aromatic carbocycles. The van der Waals surface area contributed by atoms with Crippen LogP contribution >= 0.6 is 11.3 Å². The van der Waals surface area contributed by atoms with Gasteiger partial charge in [-0.25, -0.2) is 0 Å². The Bertz CT molecular complexity index is 1830. The molecule has 0 unspecified atom stereocenters. The third-order valence-electron chi connectivity index (χ3n) is 6.55. The van der Waals surface area contributed by atoms with Crippen LogP contribution in [0.25, 0.3) is 21.9 Å². The molecule has 0 bridgehead atoms. The average molecular weight is 552 g/mol. The number of fused-ring (bicyclic) bond motifs is 2. The van der Waals surface area contributed by atoms with E-state index in [9.17, 15) is 14.4 Å². The van der Waals surface area contributed by atoms with Crippen LogP contribution in [0.4, 0.5) is 11.4 Å². The lowest BCUT2D eigenvalue weighted by Gasteiger charge is -2.16. The zero-order valence-corrected chi connectivity index (χ0v) is 22.5. The number of hydrogen-bond acceptors (Lipinski definition) is 7. The predicted molar refractivity (Wildman–Crippen MR) is 155 cm³/mol. The number of anilines is 2. The summed E-state index contributed by atoms with van der Waals surface area (Å²) in [5, 5.41) is 7.24. The molecule has 9 nitrogen and oxygen atoms in total. The molecule has 3 heterocycles. The van der Waals surface area contributed by atoms with Crippen molar-refractivity contribution in [1.29, 1.82) is 0 Å². The molecule has 1 aliphatic heterocycles. The Morgan fingerprint density at radius 1 is 0.975 bits per heavy atom. The van der Waals surface area contributed by atoms with Crippen LogP contribution in [-0.4, -0.2) is 39.6 Å². The number of carbonyl (C=O) groups excluding carboxylic acids is 2. The van der Waals surface area contributed by atoms with Gasteiger partial charge in [-0.3, -0.25) is 19.3 Å². The maximum absolute atomic E-state index is 13.6. The van der Waals surface area contributed by atoms with Gasteiger partial charge in [0.05, 0.1) is 17.9 Å². The summed E-state index contributed by atoms with van der Waals surface area (Å²) in [7, 11) is 0. The first-order valence-corrected chi connectivity index (χ1v) is 13.8. The maximum atomic E-state index is 13.6. The molecule has 0 saturated heterocycles. The van der Waals surface area contributed by atoms with Crippen molar-refractivity contribution >= 4 is 45.1 Å². The Morgan fingerprint density at radius 2 is 1.73 bits per heavy atom. The number of unbranched alkanes of at least 4 members (excludes halogenated alkanes) is 1. The van der Waals surface area contributed by atoms with Crippen LogP contribution in [0, 0.1) is 0 Å². The number of thiazole rings is 1. The van der Waals surface area contributed by atoms with E-state index >= 15 is 0 Å². The van der Waals surface area contributed by atoms with E-state index in [1.165, 1.54) is 9.42 Å². The molecule has 2 amide bonds. The Hall–Kier alpha value is -4.83. The fourth-order valence-electron chi connectivity index (χ4n) is 4.56. The van der Waals surface area contributed by atoms with E-state index < -0.39 is 11.5 Å². The Morgan fingerprint density at radius 3 is 2.48 bits per heavy atom. The number of para-hydroxylation sites is 2. The number of benzene rings is 3. The lowest BCUT2D eigenvalue weighted by Crippen LogP contribution is -2.37. The number of amides is 2. The van der Waals surface area contributed by atoms with Gasteiger partial charge in [0.1, 0.15) is 16.8 Å². The van der Waals surface area contributed by atoms with Crippen molar-refractivity contribution in [3.63, 3.8) is 0 Å². The van der Waals surface area contributed by atoms with Gasteiger partial charge in [-0.15, -0.1) is 5.10 Å². The van der Waals surface area contributed by atoms with E-state index in [4.69, 9.17) is 4.74 Å². The zero-order chi connectivity index (χ0) is 27.6. The van der Waals surface area contributed by atoms with Gasteiger partial charge < -0.3 is 10.1 Å². The largest absolute Gasteiger partial charge is 0.494 e. The number of nitrogens with zero attached hydrogens (tertiary/aromatic N) is 4. The molecule has 0 spiro atoms. The van der Waals surface area contributed by atoms with Crippen LogP contribution in [0.3, 0.4) is 0 Å². The first kappa shape index (κ1) is 25.4. The highest BCUT2D eigenvalue weighted by molar-refractivity contribution is 7.15. The van der Waals surface area contributed by atoms with Crippen molar-refractivity contribution in [3.8, 4) is 17.1 Å². The van der Waals surface area contributed by atoms with Gasteiger partial charge in [-0.05, 0) is 48.9 Å². The molecule has 0 atom stereocenters. The number of rotatable bonds is 8. The minimum atomic E-state index is -0.424. The molecule has 6 rings (SSSR count). The summed E-state index contributed by atoms with van der Waals surface area (Å²) in [5.41, 5.74) is 2.39. The fourth-order valence-corrected chi connectivity index (χ4v) is 5.56. The number of hydrogen-bond donors (Lipinski definition) is 1. The van der Waals surface area contributed by atoms with Gasteiger partial charge in [0.15, 0.2) is 5.82 Å². The molecule has 5 aromatic rings. The average Bonchev–Trinajstić information content (AvgIpc) is 3.60. The summed E-state index contributed by atoms with van der Waals surface area (Å²) >= 11 is 1.11. The molecule has 10 heteroatoms. The van der Waals surface area contributed by atoms with Crippen molar-refractivity contribution in [2.45, 2.75) is 19.8 Å². The molecular formula is C30H25N5O4S. The summed E-state index contributed by atoms with van der Waals surface area (Å²) in [4.78, 5) is 46.2. The summed E-state index contributed by atoms with van der Waals surface area (Å²) in [6.07, 6.45) is 2.05. The van der Waals surface area contributed by atoms with Crippen LogP contribution in [-0.2, 0) is 9.59 Å². The van der Waals surface area contributed by atoms with Crippen LogP contribution in [0.5, 0.6) is 5.75 Å². The summed E-state index contributed by atoms with van der Waals surface area (Å²) in [6.45, 7) is 2.58. The van der Waals surface area contributed by atoms with Gasteiger partial charge >= 0.3 is 0 Å². The highest BCUT2D eigenvalue weighted by atomic mass is 32.1. The second-order valence-corrected chi connectivity index (χ2v) is 10.3. The van der Waals surface area contributed by atoms with Crippen molar-refractivity contribution in [2.24, 2.45) is 0 Å². The molecule has 0 aliphatic carbocycles. The molecule has 40 heavy (non-hydrogen) atoms. The van der Waals surface area contributed by atoms with Gasteiger partial charge in [-0.1, -0.05) is 61.1 Å². The third-order valence-corrected chi connectivity index (χ3v) is 7.58. The summed E-state index contributed by atoms with van der Waals surface area (Å²) in [5.74, 6) is 0.427. The van der Waals surface area contributed by atoms with E-state index in [1.54, 1.807) is 36.4 Å². The number of aromatic nitrogens is 3. The highest BCUT2D eigenvalue weighted by Gasteiger charge is 2.35. The van der Waals surface area contributed by atoms with Crippen molar-refractivity contribution in [1.82, 2.24) is 14.6 Å². The van der Waals surface area contributed by atoms with Crippen LogP contribution in [0.2, 0.25) is 0 Å². The quantitative estimate of drug-likeness (QED) is 0.293. The SMILES string of the molecule is CCCCOc1ccc(-c2nc3sc(=C4C(=O)N(CC(=O)Nc5ccccc5)c5ccccc54)c(=O)n3n2)cc1. The van der Waals surface area contributed by atoms with E-state index in [1.807, 2.05) is 42.5 Å². The van der Waals surface area contributed by atoms with Gasteiger partial charge in [0.25, 0.3) is 11.5 Å². The molecule has 0 saturated carbocycles. The minimum Gasteiger partial charge on any atom is -0.494 e. The number of ether oxygens (including phenoxy) is 1. The van der Waals surface area contributed by atoms with Crippen molar-refractivity contribution < 1.29 is 14.3 Å². The number of nitrogens with one attached hydrogen (secondary N) is 1. The monoisotopic (exact) mass is 551 g/mol. The molecule has 2 aromatic heterocycles. The lowest BCUT2D eigenvalue weighted by atomic mass is 10.1. The molecule has 0 fully saturated rings. The Balaban J connectivity index is 1.31. The van der Waals surface area contributed by atoms with E-state index in [0.29, 0.717) is 34.3 Å². The van der Waals surface area contributed by atoms with Gasteiger partial charge in [0, 0.05) is 16.8 Å². The fraction of sp³-hybridized carbons (Fsp3) is 0.167. The minimum absolute atomic E-state index is 0.189. The molecule has 0 radical (unpaired) electrons. The van der Waals surface area contributed by atoms with Gasteiger partial charge in [0.2, 0.25) is 10.9 Å². The Labute approximate surface area is 233 Å². The first-order chi connectivity index (χ1) is 19.5. The Kier molecular flexibility index (Phi) is 6.83. The maximum Gasteiger partial charge on any atom is 0.291 e. The predicted octanol–water partition coefficient (Wildman–Crippen LogP) is 3.90. The summed E-state index contributed by atoms with van der Waals surface area (Å²) in [6, 6.07) is 23.6. The molecule has 1 aliphatic rings. The van der Waals surface area contributed by atoms with E-state index in [-0.39, 0.29) is 22.6 Å². The summed E-state index contributed by atoms with van der Waals surface area (Å²) < 4.78 is 7.19. The second-order valence-electron chi connectivity index (χ2n) is 9.29. The van der Waals surface area contributed by atoms with E-state index in [2.05, 4.69) is 22.3 Å². The molecular weight excluding hydrogens is 526 g/mol. The lowest BCUT2D eigenvalue weighted by molar-refractivity contribution is -0.118. The first-order valence-electron chi connectivity index (χ1n) is 13.0. The smallest absolute Gasteiger partial charge is 0.291 e. The van der Waals surface area contributed by atoms with Crippen molar-refractivity contribution in [2.75, 3.05) is 23.4 Å². The van der Waals surface area contributed by atoms with Crippen LogP contribution in [0.15, 0.2) is 83.7 Å². The van der Waals surface area contributed by atoms with Crippen LogP contribution in [0.1, 0.15) is 25.3 Å². The highest BCUT2D eigenvalue weighted by Crippen LogP contribution is 2.35. The standard InChI is InChI=1S/C30H25N5O4S/c1-2-3-17-39-21-15-13-19(14-16-21)27-32-30-35(33-27)29(38)26(40-30)25-22-11-7-8-12-23(22)34(28(25)37)18-24(36)31-20-9-5-4-6-10-20/h4-16H,2-3,17-18H2,1H3,(H,31,36). The topological polar surface area (TPSA) is 106 Å². The zero-order valence-electron chi connectivity index (χ0n) is 21.7. The van der Waals surface area contributed by atoms with E-state index in [0.717, 1.165) is 35.5 Å². The second kappa shape index (κ2) is 10.7. The van der Waals surface area contributed by atoms with Crippen LogP contribution < -0.4 is 25.0 Å². The van der Waals surface area contributed by atoms with Gasteiger partial charge in [-0.2, -0.15) is 9.50 Å².